The maximum Gasteiger partial charge on any atom is 0.250 e. The third-order valence-electron chi connectivity index (χ3n) is 2.40. The van der Waals surface area contributed by atoms with Gasteiger partial charge < -0.3 is 4.42 Å². The number of thiophene rings is 1. The lowest BCUT2D eigenvalue weighted by Gasteiger charge is -2.10. The number of hydrogen-bond donors (Lipinski definition) is 1. The molecule has 0 saturated heterocycles. The number of aryl methyl sites for hydroxylation is 1. The average molecular weight is 350 g/mol. The monoisotopic (exact) mass is 349 g/mol. The van der Waals surface area contributed by atoms with Gasteiger partial charge in [-0.25, -0.2) is 13.1 Å². The molecule has 1 unspecified atom stereocenters. The van der Waals surface area contributed by atoms with Crippen LogP contribution in [0.5, 0.6) is 0 Å². The number of furan rings is 1. The third-order valence-corrected chi connectivity index (χ3v) is 6.55. The van der Waals surface area contributed by atoms with Crippen LogP contribution in [0.4, 0.5) is 0 Å². The van der Waals surface area contributed by atoms with Gasteiger partial charge in [0.25, 0.3) is 10.0 Å². The van der Waals surface area contributed by atoms with E-state index in [2.05, 4.69) is 20.7 Å². The van der Waals surface area contributed by atoms with Crippen molar-refractivity contribution in [2.75, 3.05) is 0 Å². The molecular formula is C11H12BrNO3S2. The highest BCUT2D eigenvalue weighted by molar-refractivity contribution is 9.11. The molecule has 1 atom stereocenters. The molecule has 0 saturated carbocycles. The smallest absolute Gasteiger partial charge is 0.250 e. The Hall–Kier alpha value is -0.630. The summed E-state index contributed by atoms with van der Waals surface area (Å²) in [6.45, 7) is 3.60. The van der Waals surface area contributed by atoms with Gasteiger partial charge in [0.15, 0.2) is 0 Å². The van der Waals surface area contributed by atoms with Crippen LogP contribution in [0.1, 0.15) is 24.3 Å². The first-order valence-electron chi connectivity index (χ1n) is 5.22. The molecule has 0 amide bonds. The van der Waals surface area contributed by atoms with Crippen molar-refractivity contribution in [1.82, 2.24) is 4.72 Å². The lowest BCUT2D eigenvalue weighted by atomic mass is 10.3. The molecule has 0 aromatic carbocycles. The molecule has 98 valence electrons. The second kappa shape index (κ2) is 5.16. The van der Waals surface area contributed by atoms with Gasteiger partial charge in [-0.1, -0.05) is 0 Å². The molecule has 2 heterocycles. The molecule has 0 aliphatic rings. The van der Waals surface area contributed by atoms with E-state index < -0.39 is 16.1 Å². The van der Waals surface area contributed by atoms with E-state index in [1.807, 2.05) is 6.92 Å². The Balaban J connectivity index is 2.22. The second-order valence-electron chi connectivity index (χ2n) is 3.88. The Morgan fingerprint density at radius 3 is 2.72 bits per heavy atom. The van der Waals surface area contributed by atoms with Crippen LogP contribution in [0.2, 0.25) is 0 Å². The standard InChI is InChI=1S/C11H12BrNO3S2/c1-7-6-10(17-11(7)12)18(14,15)13-8(2)9-4-3-5-16-9/h3-6,8,13H,1-2H3. The van der Waals surface area contributed by atoms with E-state index in [1.165, 1.54) is 17.6 Å². The largest absolute Gasteiger partial charge is 0.468 e. The number of sulfonamides is 1. The van der Waals surface area contributed by atoms with Crippen molar-refractivity contribution < 1.29 is 12.8 Å². The van der Waals surface area contributed by atoms with Gasteiger partial charge in [0.1, 0.15) is 9.97 Å². The predicted molar refractivity (Wildman–Crippen MR) is 74.2 cm³/mol. The van der Waals surface area contributed by atoms with Gasteiger partial charge in [0.05, 0.1) is 16.1 Å². The highest BCUT2D eigenvalue weighted by atomic mass is 79.9. The Kier molecular flexibility index (Phi) is 3.96. The molecule has 0 aliphatic heterocycles. The quantitative estimate of drug-likeness (QED) is 0.919. The fraction of sp³-hybridized carbons (Fsp3) is 0.273. The minimum absolute atomic E-state index is 0.297. The van der Waals surface area contributed by atoms with Crippen molar-refractivity contribution in [1.29, 1.82) is 0 Å². The molecule has 18 heavy (non-hydrogen) atoms. The number of hydrogen-bond acceptors (Lipinski definition) is 4. The first kappa shape index (κ1) is 13.8. The summed E-state index contributed by atoms with van der Waals surface area (Å²) in [5.74, 6) is 0.589. The van der Waals surface area contributed by atoms with Crippen molar-refractivity contribution >= 4 is 37.3 Å². The van der Waals surface area contributed by atoms with Gasteiger partial charge in [-0.2, -0.15) is 0 Å². The van der Waals surface area contributed by atoms with Crippen LogP contribution in [0.25, 0.3) is 0 Å². The normalized spacial score (nSPS) is 13.7. The van der Waals surface area contributed by atoms with E-state index in [1.54, 1.807) is 25.1 Å². The van der Waals surface area contributed by atoms with Crippen molar-refractivity contribution in [3.8, 4) is 0 Å². The van der Waals surface area contributed by atoms with Crippen LogP contribution in [0.15, 0.2) is 36.9 Å². The lowest BCUT2D eigenvalue weighted by molar-refractivity contribution is 0.459. The van der Waals surface area contributed by atoms with E-state index in [0.717, 1.165) is 9.35 Å². The lowest BCUT2D eigenvalue weighted by Crippen LogP contribution is -2.25. The summed E-state index contributed by atoms with van der Waals surface area (Å²) in [6.07, 6.45) is 1.52. The van der Waals surface area contributed by atoms with Gasteiger partial charge >= 0.3 is 0 Å². The SMILES string of the molecule is Cc1cc(S(=O)(=O)NC(C)c2ccco2)sc1Br. The van der Waals surface area contributed by atoms with Crippen molar-refractivity contribution in [2.45, 2.75) is 24.1 Å². The summed E-state index contributed by atoms with van der Waals surface area (Å²) in [6, 6.07) is 4.71. The Morgan fingerprint density at radius 2 is 2.22 bits per heavy atom. The molecule has 7 heteroatoms. The fourth-order valence-corrected chi connectivity index (χ4v) is 4.90. The van der Waals surface area contributed by atoms with Gasteiger partial charge in [0, 0.05) is 0 Å². The summed E-state index contributed by atoms with van der Waals surface area (Å²) in [5, 5.41) is 0. The molecule has 0 radical (unpaired) electrons. The molecule has 4 nitrogen and oxygen atoms in total. The molecule has 0 bridgehead atoms. The number of halogens is 1. The Bertz CT molecular complexity index is 612. The first-order chi connectivity index (χ1) is 8.40. The first-order valence-corrected chi connectivity index (χ1v) is 8.31. The zero-order valence-electron chi connectivity index (χ0n) is 9.81. The molecule has 0 spiro atoms. The molecular weight excluding hydrogens is 338 g/mol. The molecule has 2 aromatic rings. The predicted octanol–water partition coefficient (Wildman–Crippen LogP) is 3.45. The molecule has 2 aromatic heterocycles. The van der Waals surface area contributed by atoms with Crippen molar-refractivity contribution in [3.05, 3.63) is 39.6 Å². The zero-order chi connectivity index (χ0) is 13.3. The van der Waals surface area contributed by atoms with Crippen LogP contribution in [-0.2, 0) is 10.0 Å². The molecule has 0 fully saturated rings. The minimum Gasteiger partial charge on any atom is -0.468 e. The topological polar surface area (TPSA) is 59.3 Å². The van der Waals surface area contributed by atoms with Crippen LogP contribution in [0.3, 0.4) is 0 Å². The van der Waals surface area contributed by atoms with E-state index in [0.29, 0.717) is 9.97 Å². The second-order valence-corrected chi connectivity index (χ2v) is 8.19. The zero-order valence-corrected chi connectivity index (χ0v) is 13.0. The van der Waals surface area contributed by atoms with Crippen LogP contribution in [-0.4, -0.2) is 8.42 Å². The minimum atomic E-state index is -3.51. The maximum atomic E-state index is 12.1. The number of rotatable bonds is 4. The average Bonchev–Trinajstić information content (AvgIpc) is 2.89. The number of nitrogens with one attached hydrogen (secondary N) is 1. The third kappa shape index (κ3) is 2.85. The van der Waals surface area contributed by atoms with E-state index in [-0.39, 0.29) is 0 Å². The summed E-state index contributed by atoms with van der Waals surface area (Å²) in [5.41, 5.74) is 0.908. The summed E-state index contributed by atoms with van der Waals surface area (Å²) in [4.78, 5) is 0. The van der Waals surface area contributed by atoms with Gasteiger partial charge in [-0.3, -0.25) is 0 Å². The van der Waals surface area contributed by atoms with Crippen LogP contribution >= 0.6 is 27.3 Å². The summed E-state index contributed by atoms with van der Waals surface area (Å²) >= 11 is 4.52. The van der Waals surface area contributed by atoms with Crippen LogP contribution < -0.4 is 4.72 Å². The van der Waals surface area contributed by atoms with E-state index in [4.69, 9.17) is 4.42 Å². The van der Waals surface area contributed by atoms with Crippen molar-refractivity contribution in [3.63, 3.8) is 0 Å². The highest BCUT2D eigenvalue weighted by Crippen LogP contribution is 2.31. The van der Waals surface area contributed by atoms with Gasteiger partial charge in [-0.05, 0) is 53.5 Å². The molecule has 0 aliphatic carbocycles. The maximum absolute atomic E-state index is 12.1. The van der Waals surface area contributed by atoms with Gasteiger partial charge in [0.2, 0.25) is 0 Å². The Labute approximate surface area is 118 Å². The van der Waals surface area contributed by atoms with Crippen LogP contribution in [0, 0.1) is 6.92 Å². The van der Waals surface area contributed by atoms with Gasteiger partial charge in [-0.15, -0.1) is 11.3 Å². The van der Waals surface area contributed by atoms with E-state index in [9.17, 15) is 8.42 Å². The summed E-state index contributed by atoms with van der Waals surface area (Å²) < 4.78 is 33.2. The highest BCUT2D eigenvalue weighted by Gasteiger charge is 2.22. The summed E-state index contributed by atoms with van der Waals surface area (Å²) in [7, 11) is -3.51. The Morgan fingerprint density at radius 1 is 1.50 bits per heavy atom. The molecule has 1 N–H and O–H groups in total. The fourth-order valence-electron chi connectivity index (χ4n) is 1.45. The van der Waals surface area contributed by atoms with E-state index >= 15 is 0 Å². The molecule has 2 rings (SSSR count). The van der Waals surface area contributed by atoms with Crippen molar-refractivity contribution in [2.24, 2.45) is 0 Å².